The van der Waals surface area contributed by atoms with Crippen molar-refractivity contribution < 1.29 is 14.7 Å². The van der Waals surface area contributed by atoms with Crippen LogP contribution in [-0.4, -0.2) is 33.0 Å². The van der Waals surface area contributed by atoms with E-state index in [4.69, 9.17) is 5.11 Å². The summed E-state index contributed by atoms with van der Waals surface area (Å²) < 4.78 is 0. The average Bonchev–Trinajstić information content (AvgIpc) is 1.93. The fraction of sp³-hybridized carbons (Fsp3) is 0.846. The van der Waals surface area contributed by atoms with Gasteiger partial charge in [0.05, 0.1) is 0 Å². The number of carbonyl (C=O) groups excluding carboxylic acids is 1. The van der Waals surface area contributed by atoms with Crippen LogP contribution in [0.2, 0.25) is 0 Å². The molecule has 0 aliphatic carbocycles. The van der Waals surface area contributed by atoms with Crippen LogP contribution in [0, 0.1) is 5.92 Å². The van der Waals surface area contributed by atoms with Crippen LogP contribution < -0.4 is 0 Å². The minimum absolute atomic E-state index is 0.0637. The van der Waals surface area contributed by atoms with Gasteiger partial charge in [-0.25, -0.2) is 0 Å². The first-order valence-electron chi connectivity index (χ1n) is 6.09. The van der Waals surface area contributed by atoms with E-state index in [-0.39, 0.29) is 29.3 Å². The van der Waals surface area contributed by atoms with Gasteiger partial charge in [0.25, 0.3) is 0 Å². The van der Waals surface area contributed by atoms with E-state index >= 15 is 0 Å². The lowest BCUT2D eigenvalue weighted by atomic mass is 9.72. The third kappa shape index (κ3) is 2.99. The molecule has 0 saturated carbocycles. The molecule has 1 saturated heterocycles. The van der Waals surface area contributed by atoms with Gasteiger partial charge in [0.2, 0.25) is 5.91 Å². The standard InChI is InChI=1S/C13H23NO3/c1-9(15)14-12(2,3)7-10(6-11(16)17)8-13(14,4)5/h10H,6-8H2,1-5H3,(H,16,17). The lowest BCUT2D eigenvalue weighted by molar-refractivity contribution is -0.151. The van der Waals surface area contributed by atoms with E-state index in [9.17, 15) is 9.59 Å². The molecule has 0 aromatic rings. The zero-order chi connectivity index (χ0) is 13.4. The van der Waals surface area contributed by atoms with Crippen molar-refractivity contribution in [3.05, 3.63) is 0 Å². The highest BCUT2D eigenvalue weighted by Gasteiger charge is 2.46. The zero-order valence-corrected chi connectivity index (χ0v) is 11.4. The van der Waals surface area contributed by atoms with Crippen molar-refractivity contribution in [2.45, 2.75) is 65.0 Å². The van der Waals surface area contributed by atoms with Gasteiger partial charge in [0.1, 0.15) is 0 Å². The Morgan fingerprint density at radius 3 is 1.88 bits per heavy atom. The Morgan fingerprint density at radius 1 is 1.18 bits per heavy atom. The highest BCUT2D eigenvalue weighted by atomic mass is 16.4. The monoisotopic (exact) mass is 241 g/mol. The van der Waals surface area contributed by atoms with Crippen molar-refractivity contribution in [2.75, 3.05) is 0 Å². The molecule has 0 bridgehead atoms. The van der Waals surface area contributed by atoms with E-state index in [0.717, 1.165) is 12.8 Å². The molecule has 98 valence electrons. The molecule has 0 radical (unpaired) electrons. The predicted octanol–water partition coefficient (Wildman–Crippen LogP) is 2.28. The summed E-state index contributed by atoms with van der Waals surface area (Å²) >= 11 is 0. The summed E-state index contributed by atoms with van der Waals surface area (Å²) in [5.74, 6) is -0.542. The molecule has 0 aromatic heterocycles. The summed E-state index contributed by atoms with van der Waals surface area (Å²) in [6.45, 7) is 9.66. The molecule has 1 rings (SSSR count). The minimum Gasteiger partial charge on any atom is -0.481 e. The number of hydrogen-bond donors (Lipinski definition) is 1. The molecule has 1 N–H and O–H groups in total. The fourth-order valence-corrected chi connectivity index (χ4v) is 3.73. The maximum atomic E-state index is 11.8. The Hall–Kier alpha value is -1.06. The number of carbonyl (C=O) groups is 2. The normalized spacial score (nSPS) is 23.5. The number of carboxylic acid groups (broad SMARTS) is 1. The van der Waals surface area contributed by atoms with Gasteiger partial charge in [0.15, 0.2) is 0 Å². The van der Waals surface area contributed by atoms with Crippen LogP contribution in [0.15, 0.2) is 0 Å². The van der Waals surface area contributed by atoms with Crippen LogP contribution in [0.1, 0.15) is 53.9 Å². The van der Waals surface area contributed by atoms with E-state index < -0.39 is 5.97 Å². The van der Waals surface area contributed by atoms with Crippen LogP contribution in [-0.2, 0) is 9.59 Å². The van der Waals surface area contributed by atoms with Crippen LogP contribution in [0.4, 0.5) is 0 Å². The predicted molar refractivity (Wildman–Crippen MR) is 65.7 cm³/mol. The van der Waals surface area contributed by atoms with Crippen molar-refractivity contribution in [3.8, 4) is 0 Å². The summed E-state index contributed by atoms with van der Waals surface area (Å²) in [7, 11) is 0. The summed E-state index contributed by atoms with van der Waals surface area (Å²) in [6.07, 6.45) is 1.70. The molecule has 4 heteroatoms. The number of hydrogen-bond acceptors (Lipinski definition) is 2. The highest BCUT2D eigenvalue weighted by Crippen LogP contribution is 2.42. The maximum absolute atomic E-state index is 11.8. The van der Waals surface area contributed by atoms with Gasteiger partial charge in [-0.3, -0.25) is 9.59 Å². The van der Waals surface area contributed by atoms with Gasteiger partial charge in [-0.15, -0.1) is 0 Å². The largest absolute Gasteiger partial charge is 0.481 e. The molecule has 1 aliphatic rings. The summed E-state index contributed by atoms with van der Waals surface area (Å²) in [4.78, 5) is 24.5. The molecule has 1 amide bonds. The molecule has 0 unspecified atom stereocenters. The molecule has 1 heterocycles. The van der Waals surface area contributed by atoms with Gasteiger partial charge < -0.3 is 10.0 Å². The molecule has 4 nitrogen and oxygen atoms in total. The topological polar surface area (TPSA) is 57.6 Å². The Kier molecular flexibility index (Phi) is 3.55. The fourth-order valence-electron chi connectivity index (χ4n) is 3.73. The third-order valence-corrected chi connectivity index (χ3v) is 3.57. The second-order valence-corrected chi connectivity index (χ2v) is 6.35. The molecule has 0 aromatic carbocycles. The highest BCUT2D eigenvalue weighted by molar-refractivity contribution is 5.75. The number of nitrogens with zero attached hydrogens (tertiary/aromatic N) is 1. The first-order valence-corrected chi connectivity index (χ1v) is 6.09. The number of aliphatic carboxylic acids is 1. The Morgan fingerprint density at radius 2 is 1.59 bits per heavy atom. The molecule has 0 atom stereocenters. The summed E-state index contributed by atoms with van der Waals surface area (Å²) in [5.41, 5.74) is -0.540. The number of rotatable bonds is 2. The molecular weight excluding hydrogens is 218 g/mol. The van der Waals surface area contributed by atoms with E-state index in [2.05, 4.69) is 0 Å². The van der Waals surface area contributed by atoms with Crippen molar-refractivity contribution in [2.24, 2.45) is 5.92 Å². The van der Waals surface area contributed by atoms with Crippen molar-refractivity contribution in [3.63, 3.8) is 0 Å². The number of amides is 1. The van der Waals surface area contributed by atoms with E-state index in [1.807, 2.05) is 32.6 Å². The van der Waals surface area contributed by atoms with E-state index in [0.29, 0.717) is 0 Å². The van der Waals surface area contributed by atoms with Gasteiger partial charge in [-0.05, 0) is 46.5 Å². The van der Waals surface area contributed by atoms with Gasteiger partial charge in [-0.1, -0.05) is 0 Å². The first kappa shape index (κ1) is 14.0. The second-order valence-electron chi connectivity index (χ2n) is 6.35. The van der Waals surface area contributed by atoms with Crippen molar-refractivity contribution in [1.29, 1.82) is 0 Å². The lowest BCUT2D eigenvalue weighted by Crippen LogP contribution is -2.62. The van der Waals surface area contributed by atoms with Crippen molar-refractivity contribution >= 4 is 11.9 Å². The Labute approximate surface area is 103 Å². The van der Waals surface area contributed by atoms with Gasteiger partial charge in [-0.2, -0.15) is 0 Å². The van der Waals surface area contributed by atoms with Crippen LogP contribution in [0.5, 0.6) is 0 Å². The van der Waals surface area contributed by atoms with E-state index in [1.54, 1.807) is 6.92 Å². The number of piperidine rings is 1. The van der Waals surface area contributed by atoms with Crippen LogP contribution >= 0.6 is 0 Å². The SMILES string of the molecule is CC(=O)N1C(C)(C)CC(CC(=O)O)CC1(C)C. The summed E-state index contributed by atoms with van der Waals surface area (Å²) in [6, 6.07) is 0. The van der Waals surface area contributed by atoms with E-state index in [1.165, 1.54) is 0 Å². The Balaban J connectivity index is 2.96. The third-order valence-electron chi connectivity index (χ3n) is 3.57. The minimum atomic E-state index is -0.752. The van der Waals surface area contributed by atoms with Gasteiger partial charge in [0, 0.05) is 24.4 Å². The molecule has 17 heavy (non-hydrogen) atoms. The average molecular weight is 241 g/mol. The molecule has 1 aliphatic heterocycles. The van der Waals surface area contributed by atoms with Gasteiger partial charge >= 0.3 is 5.97 Å². The van der Waals surface area contributed by atoms with Crippen molar-refractivity contribution in [1.82, 2.24) is 4.90 Å². The smallest absolute Gasteiger partial charge is 0.303 e. The van der Waals surface area contributed by atoms with Crippen LogP contribution in [0.25, 0.3) is 0 Å². The second kappa shape index (κ2) is 4.31. The number of carboxylic acids is 1. The first-order chi connectivity index (χ1) is 7.56. The molecule has 0 spiro atoms. The Bertz CT molecular complexity index is 316. The quantitative estimate of drug-likeness (QED) is 0.807. The van der Waals surface area contributed by atoms with Crippen LogP contribution in [0.3, 0.4) is 0 Å². The zero-order valence-electron chi connectivity index (χ0n) is 11.4. The molecule has 1 fully saturated rings. The maximum Gasteiger partial charge on any atom is 0.303 e. The number of likely N-dealkylation sites (tertiary alicyclic amines) is 1. The summed E-state index contributed by atoms with van der Waals surface area (Å²) in [5, 5.41) is 8.90. The lowest BCUT2D eigenvalue weighted by Gasteiger charge is -2.55. The molecular formula is C13H23NO3.